The molecular weight excluding hydrogens is 514 g/mol. The highest BCUT2D eigenvalue weighted by atomic mass is 16.2. The summed E-state index contributed by atoms with van der Waals surface area (Å²) in [5.74, 6) is -1.49. The lowest BCUT2D eigenvalue weighted by molar-refractivity contribution is -0.131. The van der Waals surface area contributed by atoms with Gasteiger partial charge in [0, 0.05) is 17.8 Å². The molecule has 2 unspecified atom stereocenters. The van der Waals surface area contributed by atoms with E-state index in [1.54, 1.807) is 36.4 Å². The Morgan fingerprint density at radius 2 is 1.85 bits per heavy atom. The van der Waals surface area contributed by atoms with Crippen LogP contribution in [0.3, 0.4) is 0 Å². The molecule has 13 heteroatoms. The van der Waals surface area contributed by atoms with Crippen molar-refractivity contribution in [2.24, 2.45) is 5.92 Å². The summed E-state index contributed by atoms with van der Waals surface area (Å²) in [6.45, 7) is 3.48. The lowest BCUT2D eigenvalue weighted by Crippen LogP contribution is -2.54. The molecule has 1 aliphatic heterocycles. The summed E-state index contributed by atoms with van der Waals surface area (Å²) in [6.07, 6.45) is 1.05. The van der Waals surface area contributed by atoms with E-state index in [-0.39, 0.29) is 37.2 Å². The van der Waals surface area contributed by atoms with Gasteiger partial charge in [0.25, 0.3) is 0 Å². The van der Waals surface area contributed by atoms with E-state index in [0.29, 0.717) is 30.0 Å². The van der Waals surface area contributed by atoms with Gasteiger partial charge < -0.3 is 21.7 Å². The van der Waals surface area contributed by atoms with Crippen LogP contribution in [0.5, 0.6) is 0 Å². The zero-order valence-corrected chi connectivity index (χ0v) is 22.4. The van der Waals surface area contributed by atoms with Gasteiger partial charge in [0.15, 0.2) is 5.82 Å². The van der Waals surface area contributed by atoms with Gasteiger partial charge in [-0.1, -0.05) is 55.8 Å². The molecule has 40 heavy (non-hydrogen) atoms. The molecule has 13 nitrogen and oxygen atoms in total. The van der Waals surface area contributed by atoms with Crippen molar-refractivity contribution < 1.29 is 19.2 Å². The van der Waals surface area contributed by atoms with Gasteiger partial charge in [-0.05, 0) is 35.2 Å². The summed E-state index contributed by atoms with van der Waals surface area (Å²) in [4.78, 5) is 53.8. The number of tetrazole rings is 1. The van der Waals surface area contributed by atoms with Crippen molar-refractivity contribution in [3.8, 4) is 0 Å². The largest absolute Gasteiger partial charge is 0.399 e. The number of carbonyl (C=O) groups excluding carboxylic acids is 4. The van der Waals surface area contributed by atoms with Gasteiger partial charge >= 0.3 is 0 Å². The number of amides is 4. The van der Waals surface area contributed by atoms with E-state index in [9.17, 15) is 19.2 Å². The lowest BCUT2D eigenvalue weighted by atomic mass is 9.98. The molecule has 1 aliphatic rings. The predicted molar refractivity (Wildman–Crippen MR) is 146 cm³/mol. The Kier molecular flexibility index (Phi) is 9.04. The molecule has 1 aromatic heterocycles. The molecule has 0 saturated heterocycles. The minimum absolute atomic E-state index is 0.0492. The Bertz CT molecular complexity index is 1340. The maximum atomic E-state index is 13.4. The summed E-state index contributed by atoms with van der Waals surface area (Å²) in [6, 6.07) is 12.5. The average Bonchev–Trinajstić information content (AvgIpc) is 3.62. The molecule has 0 spiro atoms. The normalized spacial score (nSPS) is 15.6. The fourth-order valence-electron chi connectivity index (χ4n) is 4.55. The number of nitrogens with one attached hydrogen (secondary N) is 4. The maximum absolute atomic E-state index is 13.4. The van der Waals surface area contributed by atoms with E-state index < -0.39 is 23.9 Å². The standard InChI is InChI=1S/C27H33N9O4/c1-3-16(2)25(31-23(37)12-17-8-10-19(28)11-9-17)27(40)30-15-24(38)36-20-7-5-4-6-18(20)13-21(36)26(39)29-14-22-32-34-35-33-22/h4-11,16,21,25H,3,12-15,28H2,1-2H3,(H,29,39)(H,30,40)(H,31,37)(H,32,33,34,35)/t16?,21-,25?/m0/s1. The third-order valence-electron chi connectivity index (χ3n) is 6.93. The van der Waals surface area contributed by atoms with Crippen molar-refractivity contribution in [1.82, 2.24) is 36.6 Å². The van der Waals surface area contributed by atoms with E-state index in [0.717, 1.165) is 11.1 Å². The Morgan fingerprint density at radius 3 is 2.55 bits per heavy atom. The number of anilines is 2. The molecule has 0 radical (unpaired) electrons. The number of nitrogens with zero attached hydrogens (tertiary/aromatic N) is 4. The molecule has 0 aliphatic carbocycles. The van der Waals surface area contributed by atoms with E-state index in [1.807, 2.05) is 26.0 Å². The minimum Gasteiger partial charge on any atom is -0.399 e. The van der Waals surface area contributed by atoms with Crippen LogP contribution in [0.25, 0.3) is 0 Å². The molecule has 3 aromatic rings. The monoisotopic (exact) mass is 547 g/mol. The van der Waals surface area contributed by atoms with Gasteiger partial charge in [0.05, 0.1) is 19.5 Å². The Morgan fingerprint density at radius 1 is 1.10 bits per heavy atom. The van der Waals surface area contributed by atoms with Crippen molar-refractivity contribution in [1.29, 1.82) is 0 Å². The fraction of sp³-hybridized carbons (Fsp3) is 0.370. The van der Waals surface area contributed by atoms with Crippen LogP contribution in [0.15, 0.2) is 48.5 Å². The van der Waals surface area contributed by atoms with Gasteiger partial charge in [0.2, 0.25) is 23.6 Å². The van der Waals surface area contributed by atoms with Gasteiger partial charge in [-0.15, -0.1) is 10.2 Å². The molecule has 0 bridgehead atoms. The second-order valence-corrected chi connectivity index (χ2v) is 9.73. The SMILES string of the molecule is CCC(C)C(NC(=O)Cc1ccc(N)cc1)C(=O)NCC(=O)N1c2ccccc2C[C@H]1C(=O)NCc1nn[nH]n1. The van der Waals surface area contributed by atoms with Crippen molar-refractivity contribution in [2.75, 3.05) is 17.2 Å². The second kappa shape index (κ2) is 12.8. The molecule has 4 amide bonds. The van der Waals surface area contributed by atoms with Gasteiger partial charge in [0.1, 0.15) is 12.1 Å². The molecule has 6 N–H and O–H groups in total. The molecular formula is C27H33N9O4. The highest BCUT2D eigenvalue weighted by Crippen LogP contribution is 2.32. The Balaban J connectivity index is 1.40. The van der Waals surface area contributed by atoms with E-state index in [2.05, 4.69) is 36.6 Å². The van der Waals surface area contributed by atoms with Crippen LogP contribution in [0.2, 0.25) is 0 Å². The predicted octanol–water partition coefficient (Wildman–Crippen LogP) is 0.246. The Hall–Kier alpha value is -4.81. The molecule has 2 aromatic carbocycles. The third kappa shape index (κ3) is 6.79. The van der Waals surface area contributed by atoms with Gasteiger partial charge in [-0.3, -0.25) is 24.1 Å². The summed E-state index contributed by atoms with van der Waals surface area (Å²) in [7, 11) is 0. The topological polar surface area (TPSA) is 188 Å². The highest BCUT2D eigenvalue weighted by Gasteiger charge is 2.38. The number of fused-ring (bicyclic) bond motifs is 1. The van der Waals surface area contributed by atoms with Crippen molar-refractivity contribution in [3.05, 3.63) is 65.5 Å². The average molecular weight is 548 g/mol. The number of benzene rings is 2. The summed E-state index contributed by atoms with van der Waals surface area (Å²) in [5, 5.41) is 21.6. The number of nitrogen functional groups attached to an aromatic ring is 1. The van der Waals surface area contributed by atoms with Gasteiger partial charge in [-0.25, -0.2) is 0 Å². The van der Waals surface area contributed by atoms with Crippen LogP contribution in [-0.2, 0) is 38.6 Å². The number of nitrogens with two attached hydrogens (primary N) is 1. The summed E-state index contributed by atoms with van der Waals surface area (Å²) >= 11 is 0. The van der Waals surface area contributed by atoms with Crippen LogP contribution in [-0.4, -0.2) is 62.9 Å². The quantitative estimate of drug-likeness (QED) is 0.211. The molecule has 0 fully saturated rings. The van der Waals surface area contributed by atoms with Crippen molar-refractivity contribution >= 4 is 35.0 Å². The van der Waals surface area contributed by atoms with Crippen LogP contribution in [0.4, 0.5) is 11.4 Å². The van der Waals surface area contributed by atoms with Crippen LogP contribution < -0.4 is 26.6 Å². The highest BCUT2D eigenvalue weighted by molar-refractivity contribution is 6.05. The zero-order valence-electron chi connectivity index (χ0n) is 22.4. The molecule has 210 valence electrons. The molecule has 2 heterocycles. The Labute approximate surface area is 231 Å². The number of aromatic nitrogens is 4. The molecule has 3 atom stereocenters. The van der Waals surface area contributed by atoms with Crippen LogP contribution in [0, 0.1) is 5.92 Å². The first-order chi connectivity index (χ1) is 19.3. The number of para-hydroxylation sites is 1. The lowest BCUT2D eigenvalue weighted by Gasteiger charge is -2.27. The minimum atomic E-state index is -0.834. The van der Waals surface area contributed by atoms with E-state index in [4.69, 9.17) is 5.73 Å². The maximum Gasteiger partial charge on any atom is 0.247 e. The van der Waals surface area contributed by atoms with Crippen LogP contribution in [0.1, 0.15) is 37.2 Å². The van der Waals surface area contributed by atoms with Crippen molar-refractivity contribution in [2.45, 2.75) is 51.7 Å². The summed E-state index contributed by atoms with van der Waals surface area (Å²) < 4.78 is 0. The number of H-pyrrole nitrogens is 1. The van der Waals surface area contributed by atoms with Crippen molar-refractivity contribution in [3.63, 3.8) is 0 Å². The third-order valence-corrected chi connectivity index (χ3v) is 6.93. The molecule has 4 rings (SSSR count). The number of hydrogen-bond acceptors (Lipinski definition) is 8. The fourth-order valence-corrected chi connectivity index (χ4v) is 4.55. The number of aromatic amines is 1. The number of hydrogen-bond donors (Lipinski definition) is 5. The number of carbonyl (C=O) groups is 4. The first-order valence-corrected chi connectivity index (χ1v) is 13.1. The van der Waals surface area contributed by atoms with Gasteiger partial charge in [-0.2, -0.15) is 5.21 Å². The smallest absolute Gasteiger partial charge is 0.247 e. The first-order valence-electron chi connectivity index (χ1n) is 13.1. The summed E-state index contributed by atoms with van der Waals surface area (Å²) in [5.41, 5.74) is 8.52. The molecule has 0 saturated carbocycles. The zero-order chi connectivity index (χ0) is 28.6. The number of rotatable bonds is 11. The van der Waals surface area contributed by atoms with Crippen LogP contribution >= 0.6 is 0 Å². The van der Waals surface area contributed by atoms with E-state index in [1.165, 1.54) is 4.90 Å². The second-order valence-electron chi connectivity index (χ2n) is 9.73. The first kappa shape index (κ1) is 28.2. The van der Waals surface area contributed by atoms with E-state index >= 15 is 0 Å².